The van der Waals surface area contributed by atoms with Gasteiger partial charge in [-0.2, -0.15) is 0 Å². The summed E-state index contributed by atoms with van der Waals surface area (Å²) in [6.45, 7) is 11.3. The Morgan fingerprint density at radius 1 is 1.19 bits per heavy atom. The van der Waals surface area contributed by atoms with Crippen molar-refractivity contribution >= 4 is 0 Å². The molecule has 0 saturated carbocycles. The van der Waals surface area contributed by atoms with Gasteiger partial charge in [-0.3, -0.25) is 5.32 Å². The van der Waals surface area contributed by atoms with Gasteiger partial charge in [0.25, 0.3) is 0 Å². The fourth-order valence-electron chi connectivity index (χ4n) is 3.18. The molecule has 3 atom stereocenters. The van der Waals surface area contributed by atoms with Crippen molar-refractivity contribution in [3.63, 3.8) is 0 Å². The maximum absolute atomic E-state index is 6.25. The van der Waals surface area contributed by atoms with Gasteiger partial charge in [-0.25, -0.2) is 0 Å². The van der Waals surface area contributed by atoms with Crippen molar-refractivity contribution in [2.75, 3.05) is 0 Å². The first-order valence-corrected chi connectivity index (χ1v) is 7.03. The van der Waals surface area contributed by atoms with Crippen LogP contribution in [0, 0.1) is 5.92 Å². The summed E-state index contributed by atoms with van der Waals surface area (Å²) in [5.41, 5.74) is 0.0956. The molecule has 1 heterocycles. The van der Waals surface area contributed by atoms with E-state index < -0.39 is 0 Å². The minimum absolute atomic E-state index is 0.0956. The van der Waals surface area contributed by atoms with Crippen LogP contribution in [0.25, 0.3) is 0 Å². The van der Waals surface area contributed by atoms with Crippen molar-refractivity contribution in [2.45, 2.75) is 84.6 Å². The Kier molecular flexibility index (Phi) is 5.26. The Bertz CT molecular complexity index is 199. The van der Waals surface area contributed by atoms with E-state index in [-0.39, 0.29) is 11.8 Å². The van der Waals surface area contributed by atoms with Gasteiger partial charge in [0.05, 0.1) is 5.60 Å². The molecule has 0 radical (unpaired) electrons. The Balaban J connectivity index is 2.84. The van der Waals surface area contributed by atoms with Crippen LogP contribution < -0.4 is 5.32 Å². The highest BCUT2D eigenvalue weighted by atomic mass is 16.5. The molecule has 1 saturated heterocycles. The van der Waals surface area contributed by atoms with Crippen molar-refractivity contribution in [2.24, 2.45) is 5.92 Å². The van der Waals surface area contributed by atoms with Crippen molar-refractivity contribution in [1.29, 1.82) is 0 Å². The Morgan fingerprint density at radius 2 is 1.75 bits per heavy atom. The average molecular weight is 227 g/mol. The van der Waals surface area contributed by atoms with Crippen LogP contribution in [0.5, 0.6) is 0 Å². The molecule has 1 rings (SSSR count). The molecule has 0 aliphatic carbocycles. The lowest BCUT2D eigenvalue weighted by atomic mass is 9.79. The van der Waals surface area contributed by atoms with Crippen LogP contribution in [-0.2, 0) is 4.74 Å². The summed E-state index contributed by atoms with van der Waals surface area (Å²) in [7, 11) is 0. The molecule has 0 aromatic rings. The van der Waals surface area contributed by atoms with Crippen LogP contribution in [0.1, 0.15) is 66.7 Å². The molecule has 96 valence electrons. The molecule has 1 N–H and O–H groups in total. The van der Waals surface area contributed by atoms with Crippen LogP contribution >= 0.6 is 0 Å². The molecule has 0 spiro atoms. The second-order valence-corrected chi connectivity index (χ2v) is 5.35. The molecule has 0 amide bonds. The minimum atomic E-state index is 0.0956. The Labute approximate surface area is 101 Å². The van der Waals surface area contributed by atoms with Crippen LogP contribution in [0.2, 0.25) is 0 Å². The van der Waals surface area contributed by atoms with E-state index in [1.54, 1.807) is 0 Å². The molecular weight excluding hydrogens is 198 g/mol. The summed E-state index contributed by atoms with van der Waals surface area (Å²) in [6, 6.07) is 0.535. The Morgan fingerprint density at radius 3 is 2.19 bits per heavy atom. The highest BCUT2D eigenvalue weighted by Gasteiger charge is 2.47. The normalized spacial score (nSPS) is 30.6. The van der Waals surface area contributed by atoms with Crippen LogP contribution in [0.3, 0.4) is 0 Å². The predicted molar refractivity (Wildman–Crippen MR) is 69.5 cm³/mol. The van der Waals surface area contributed by atoms with Gasteiger partial charge >= 0.3 is 0 Å². The van der Waals surface area contributed by atoms with E-state index in [1.165, 1.54) is 32.1 Å². The van der Waals surface area contributed by atoms with Gasteiger partial charge in [0.2, 0.25) is 0 Å². The molecule has 1 aliphatic rings. The molecule has 0 bridgehead atoms. The van der Waals surface area contributed by atoms with Crippen molar-refractivity contribution in [1.82, 2.24) is 5.32 Å². The number of hydrogen-bond donors (Lipinski definition) is 1. The lowest BCUT2D eigenvalue weighted by Crippen LogP contribution is -2.47. The summed E-state index contributed by atoms with van der Waals surface area (Å²) >= 11 is 0. The largest absolute Gasteiger partial charge is 0.356 e. The first-order valence-electron chi connectivity index (χ1n) is 7.03. The number of nitrogens with one attached hydrogen (secondary N) is 1. The lowest BCUT2D eigenvalue weighted by Gasteiger charge is -2.36. The Hall–Kier alpha value is -0.0800. The summed E-state index contributed by atoms with van der Waals surface area (Å²) in [6.07, 6.45) is 6.24. The third-order valence-corrected chi connectivity index (χ3v) is 3.95. The standard InChI is InChI=1S/C14H29NO/c1-6-9-14(10-7-2)13(11(4)8-3)15-12(5)16-14/h11-13,15H,6-10H2,1-5H3/t11?,12?,13-/m0/s1. The van der Waals surface area contributed by atoms with E-state index in [9.17, 15) is 0 Å². The second-order valence-electron chi connectivity index (χ2n) is 5.35. The maximum Gasteiger partial charge on any atom is 0.106 e. The summed E-state index contributed by atoms with van der Waals surface area (Å²) < 4.78 is 6.25. The summed E-state index contributed by atoms with van der Waals surface area (Å²) in [5.74, 6) is 0.697. The van der Waals surface area contributed by atoms with Crippen LogP contribution in [-0.4, -0.2) is 17.9 Å². The van der Waals surface area contributed by atoms with Crippen molar-refractivity contribution in [3.05, 3.63) is 0 Å². The van der Waals surface area contributed by atoms with Gasteiger partial charge < -0.3 is 4.74 Å². The van der Waals surface area contributed by atoms with E-state index in [2.05, 4.69) is 39.9 Å². The first-order chi connectivity index (χ1) is 7.59. The SMILES string of the molecule is CCCC1(CCC)OC(C)N[C@H]1C(C)CC. The third-order valence-electron chi connectivity index (χ3n) is 3.95. The molecule has 16 heavy (non-hydrogen) atoms. The maximum atomic E-state index is 6.25. The van der Waals surface area contributed by atoms with Gasteiger partial charge in [-0.1, -0.05) is 47.0 Å². The highest BCUT2D eigenvalue weighted by molar-refractivity contribution is 5.00. The second kappa shape index (κ2) is 6.02. The molecular formula is C14H29NO. The average Bonchev–Trinajstić information content (AvgIpc) is 2.55. The monoisotopic (exact) mass is 227 g/mol. The zero-order valence-corrected chi connectivity index (χ0v) is 11.7. The summed E-state index contributed by atoms with van der Waals surface area (Å²) in [5, 5.41) is 3.64. The molecule has 1 fully saturated rings. The topological polar surface area (TPSA) is 21.3 Å². The van der Waals surface area contributed by atoms with Gasteiger partial charge in [0.1, 0.15) is 6.23 Å². The van der Waals surface area contributed by atoms with E-state index in [4.69, 9.17) is 4.74 Å². The van der Waals surface area contributed by atoms with Gasteiger partial charge in [0.15, 0.2) is 0 Å². The molecule has 0 aromatic heterocycles. The quantitative estimate of drug-likeness (QED) is 0.747. The van der Waals surface area contributed by atoms with E-state index >= 15 is 0 Å². The fraction of sp³-hybridized carbons (Fsp3) is 1.00. The zero-order valence-electron chi connectivity index (χ0n) is 11.7. The first kappa shape index (κ1) is 14.0. The molecule has 2 heteroatoms. The van der Waals surface area contributed by atoms with E-state index in [1.807, 2.05) is 0 Å². The highest BCUT2D eigenvalue weighted by Crippen LogP contribution is 2.38. The molecule has 2 nitrogen and oxygen atoms in total. The lowest BCUT2D eigenvalue weighted by molar-refractivity contribution is -0.0593. The summed E-state index contributed by atoms with van der Waals surface area (Å²) in [4.78, 5) is 0. The van der Waals surface area contributed by atoms with Crippen molar-refractivity contribution < 1.29 is 4.74 Å². The number of rotatable bonds is 6. The predicted octanol–water partition coefficient (Wildman–Crippen LogP) is 3.71. The third kappa shape index (κ3) is 2.78. The molecule has 1 aliphatic heterocycles. The molecule has 0 aromatic carbocycles. The van der Waals surface area contributed by atoms with Crippen molar-refractivity contribution in [3.8, 4) is 0 Å². The van der Waals surface area contributed by atoms with Gasteiger partial charge in [0, 0.05) is 6.04 Å². The number of ether oxygens (including phenoxy) is 1. The van der Waals surface area contributed by atoms with Crippen LogP contribution in [0.15, 0.2) is 0 Å². The van der Waals surface area contributed by atoms with Gasteiger partial charge in [-0.05, 0) is 25.7 Å². The smallest absolute Gasteiger partial charge is 0.106 e. The van der Waals surface area contributed by atoms with Crippen LogP contribution in [0.4, 0.5) is 0 Å². The van der Waals surface area contributed by atoms with E-state index in [0.717, 1.165) is 0 Å². The number of hydrogen-bond acceptors (Lipinski definition) is 2. The minimum Gasteiger partial charge on any atom is -0.356 e. The van der Waals surface area contributed by atoms with Gasteiger partial charge in [-0.15, -0.1) is 0 Å². The molecule has 2 unspecified atom stereocenters. The fourth-order valence-corrected chi connectivity index (χ4v) is 3.18. The van der Waals surface area contributed by atoms with E-state index in [0.29, 0.717) is 12.0 Å². The zero-order chi connectivity index (χ0) is 12.2.